The molecule has 1 aromatic carbocycles. The molecule has 0 radical (unpaired) electrons. The number of carbonyl (C=O) groups is 1. The van der Waals surface area contributed by atoms with Crippen LogP contribution in [-0.2, 0) is 22.5 Å². The highest BCUT2D eigenvalue weighted by Gasteiger charge is 2.26. The second-order valence-corrected chi connectivity index (χ2v) is 9.94. The number of nitrogens with zero attached hydrogens (tertiary/aromatic N) is 4. The lowest BCUT2D eigenvalue weighted by atomic mass is 10.00. The van der Waals surface area contributed by atoms with Gasteiger partial charge in [0.05, 0.1) is 18.4 Å². The molecule has 8 heteroatoms. The molecule has 174 valence electrons. The number of hydrogen-bond acceptors (Lipinski definition) is 6. The fourth-order valence-electron chi connectivity index (χ4n) is 4.49. The molecule has 1 atom stereocenters. The van der Waals surface area contributed by atoms with Crippen molar-refractivity contribution < 1.29 is 9.53 Å². The summed E-state index contributed by atoms with van der Waals surface area (Å²) in [6, 6.07) is 6.14. The summed E-state index contributed by atoms with van der Waals surface area (Å²) >= 11 is 1.46. The molecule has 7 nitrogen and oxygen atoms in total. The molecule has 0 aliphatic carbocycles. The Morgan fingerprint density at radius 1 is 1.25 bits per heavy atom. The number of carbonyl (C=O) groups excluding carboxylic acids is 1. The summed E-state index contributed by atoms with van der Waals surface area (Å²) < 4.78 is 8.08. The van der Waals surface area contributed by atoms with Gasteiger partial charge in [0.15, 0.2) is 5.16 Å². The highest BCUT2D eigenvalue weighted by atomic mass is 32.2. The first-order valence-electron chi connectivity index (χ1n) is 11.9. The molecule has 2 saturated heterocycles. The van der Waals surface area contributed by atoms with Gasteiger partial charge in [0.1, 0.15) is 0 Å². The summed E-state index contributed by atoms with van der Waals surface area (Å²) in [6.07, 6.45) is 5.59. The van der Waals surface area contributed by atoms with Crippen molar-refractivity contribution in [3.8, 4) is 0 Å². The molecule has 0 bridgehead atoms. The van der Waals surface area contributed by atoms with E-state index in [1.807, 2.05) is 19.1 Å². The van der Waals surface area contributed by atoms with Crippen LogP contribution in [0.25, 0.3) is 0 Å². The number of para-hydroxylation sites is 1. The second kappa shape index (κ2) is 10.7. The van der Waals surface area contributed by atoms with Gasteiger partial charge in [-0.1, -0.05) is 43.8 Å². The van der Waals surface area contributed by atoms with Gasteiger partial charge in [0, 0.05) is 25.4 Å². The molecule has 2 fully saturated rings. The Kier molecular flexibility index (Phi) is 7.73. The fraction of sp³-hybridized carbons (Fsp3) is 0.625. The number of piperidine rings is 1. The molecule has 2 aliphatic heterocycles. The van der Waals surface area contributed by atoms with Gasteiger partial charge in [-0.25, -0.2) is 0 Å². The third-order valence-electron chi connectivity index (χ3n) is 6.51. The highest BCUT2D eigenvalue weighted by Crippen LogP contribution is 2.28. The summed E-state index contributed by atoms with van der Waals surface area (Å²) in [6.45, 7) is 10.0. The zero-order valence-electron chi connectivity index (χ0n) is 19.5. The van der Waals surface area contributed by atoms with Crippen molar-refractivity contribution in [1.82, 2.24) is 14.8 Å². The van der Waals surface area contributed by atoms with E-state index >= 15 is 0 Å². The minimum Gasteiger partial charge on any atom is -0.376 e. The Labute approximate surface area is 195 Å². The summed E-state index contributed by atoms with van der Waals surface area (Å²) in [4.78, 5) is 15.1. The van der Waals surface area contributed by atoms with E-state index in [-0.39, 0.29) is 12.0 Å². The van der Waals surface area contributed by atoms with Crippen molar-refractivity contribution in [2.45, 2.75) is 70.7 Å². The first-order valence-corrected chi connectivity index (χ1v) is 12.8. The molecule has 32 heavy (non-hydrogen) atoms. The number of hydrogen-bond donors (Lipinski definition) is 1. The molecule has 1 N–H and O–H groups in total. The molecular formula is C24H35N5O2S. The normalized spacial score (nSPS) is 19.5. The number of aromatic nitrogens is 3. The number of anilines is 2. The zero-order valence-corrected chi connectivity index (χ0v) is 20.3. The smallest absolute Gasteiger partial charge is 0.234 e. The van der Waals surface area contributed by atoms with Gasteiger partial charge in [-0.3, -0.25) is 9.36 Å². The summed E-state index contributed by atoms with van der Waals surface area (Å²) in [5.74, 6) is 1.97. The Morgan fingerprint density at radius 2 is 2.06 bits per heavy atom. The molecule has 1 unspecified atom stereocenters. The average molecular weight is 458 g/mol. The van der Waals surface area contributed by atoms with Gasteiger partial charge < -0.3 is 15.0 Å². The minimum absolute atomic E-state index is 0.0148. The standard InChI is InChI=1S/C24H35N5O2S/c1-4-19-8-5-7-18(3)22(19)25-21(30)16-32-24-27-26-23(28-12-10-17(2)11-13-28)29(24)15-20-9-6-14-31-20/h5,7-8,17,20H,4,6,9-16H2,1-3H3,(H,25,30). The summed E-state index contributed by atoms with van der Waals surface area (Å²) in [7, 11) is 0. The first kappa shape index (κ1) is 23.1. The lowest BCUT2D eigenvalue weighted by Gasteiger charge is -2.31. The molecule has 1 amide bonds. The maximum atomic E-state index is 12.8. The van der Waals surface area contributed by atoms with Crippen LogP contribution in [0.1, 0.15) is 50.7 Å². The Hall–Kier alpha value is -2.06. The Balaban J connectivity index is 1.46. The van der Waals surface area contributed by atoms with Crippen LogP contribution in [0.4, 0.5) is 11.6 Å². The molecule has 4 rings (SSSR count). The van der Waals surface area contributed by atoms with Gasteiger partial charge in [-0.15, -0.1) is 10.2 Å². The third kappa shape index (κ3) is 5.46. The van der Waals surface area contributed by atoms with Crippen molar-refractivity contribution in [2.24, 2.45) is 5.92 Å². The topological polar surface area (TPSA) is 72.3 Å². The van der Waals surface area contributed by atoms with Crippen molar-refractivity contribution >= 4 is 29.3 Å². The first-order chi connectivity index (χ1) is 15.5. The van der Waals surface area contributed by atoms with Crippen LogP contribution in [0.3, 0.4) is 0 Å². The van der Waals surface area contributed by atoms with Crippen LogP contribution in [0.5, 0.6) is 0 Å². The molecule has 3 heterocycles. The maximum Gasteiger partial charge on any atom is 0.234 e. The predicted molar refractivity (Wildman–Crippen MR) is 130 cm³/mol. The Morgan fingerprint density at radius 3 is 2.78 bits per heavy atom. The largest absolute Gasteiger partial charge is 0.376 e. The summed E-state index contributed by atoms with van der Waals surface area (Å²) in [5.41, 5.74) is 3.18. The Bertz CT molecular complexity index is 917. The molecular weight excluding hydrogens is 422 g/mol. The van der Waals surface area contributed by atoms with Crippen LogP contribution in [0.2, 0.25) is 0 Å². The van der Waals surface area contributed by atoms with E-state index in [0.29, 0.717) is 5.75 Å². The number of aryl methyl sites for hydroxylation is 2. The van der Waals surface area contributed by atoms with Crippen LogP contribution >= 0.6 is 11.8 Å². The van der Waals surface area contributed by atoms with Gasteiger partial charge in [0.2, 0.25) is 11.9 Å². The van der Waals surface area contributed by atoms with Gasteiger partial charge in [-0.2, -0.15) is 0 Å². The van der Waals surface area contributed by atoms with Crippen LogP contribution in [0.15, 0.2) is 23.4 Å². The number of thioether (sulfide) groups is 1. The van der Waals surface area contributed by atoms with E-state index in [2.05, 4.69) is 44.9 Å². The maximum absolute atomic E-state index is 12.8. The zero-order chi connectivity index (χ0) is 22.5. The fourth-order valence-corrected chi connectivity index (χ4v) is 5.23. The number of ether oxygens (including phenoxy) is 1. The van der Waals surface area contributed by atoms with E-state index in [1.165, 1.54) is 24.6 Å². The quantitative estimate of drug-likeness (QED) is 0.596. The van der Waals surface area contributed by atoms with Gasteiger partial charge in [-0.05, 0) is 56.1 Å². The number of amides is 1. The number of rotatable bonds is 8. The average Bonchev–Trinajstić information content (AvgIpc) is 3.45. The van der Waals surface area contributed by atoms with E-state index in [4.69, 9.17) is 4.74 Å². The molecule has 2 aliphatic rings. The lowest BCUT2D eigenvalue weighted by Crippen LogP contribution is -2.35. The predicted octanol–water partition coefficient (Wildman–Crippen LogP) is 4.30. The van der Waals surface area contributed by atoms with Crippen molar-refractivity contribution in [3.05, 3.63) is 29.3 Å². The number of benzene rings is 1. The summed E-state index contributed by atoms with van der Waals surface area (Å²) in [5, 5.41) is 12.9. The van der Waals surface area contributed by atoms with E-state index in [0.717, 1.165) is 79.3 Å². The number of nitrogens with one attached hydrogen (secondary N) is 1. The lowest BCUT2D eigenvalue weighted by molar-refractivity contribution is -0.113. The second-order valence-electron chi connectivity index (χ2n) is 9.00. The van der Waals surface area contributed by atoms with Crippen LogP contribution in [-0.4, -0.2) is 52.2 Å². The van der Waals surface area contributed by atoms with Crippen molar-refractivity contribution in [2.75, 3.05) is 35.7 Å². The van der Waals surface area contributed by atoms with Gasteiger partial charge in [0.25, 0.3) is 0 Å². The van der Waals surface area contributed by atoms with Gasteiger partial charge >= 0.3 is 0 Å². The van der Waals surface area contributed by atoms with Crippen LogP contribution in [0, 0.1) is 12.8 Å². The molecule has 0 spiro atoms. The van der Waals surface area contributed by atoms with E-state index in [1.54, 1.807) is 0 Å². The minimum atomic E-state index is -0.0148. The third-order valence-corrected chi connectivity index (χ3v) is 7.48. The van der Waals surface area contributed by atoms with Crippen LogP contribution < -0.4 is 10.2 Å². The van der Waals surface area contributed by atoms with Crippen molar-refractivity contribution in [3.63, 3.8) is 0 Å². The highest BCUT2D eigenvalue weighted by molar-refractivity contribution is 7.99. The van der Waals surface area contributed by atoms with E-state index in [9.17, 15) is 4.79 Å². The van der Waals surface area contributed by atoms with E-state index < -0.39 is 0 Å². The SMILES string of the molecule is CCc1cccc(C)c1NC(=O)CSc1nnc(N2CCC(C)CC2)n1CC1CCCO1. The molecule has 0 saturated carbocycles. The molecule has 2 aromatic rings. The monoisotopic (exact) mass is 457 g/mol. The van der Waals surface area contributed by atoms with Crippen molar-refractivity contribution in [1.29, 1.82) is 0 Å². The molecule has 1 aromatic heterocycles.